The number of rotatable bonds is 46. The summed E-state index contributed by atoms with van der Waals surface area (Å²) in [6.45, 7) is 6.44. The number of esters is 3. The Morgan fingerprint density at radius 3 is 1.02 bits per heavy atom. The van der Waals surface area contributed by atoms with Crippen LogP contribution in [0.15, 0.2) is 85.1 Å². The van der Waals surface area contributed by atoms with Crippen LogP contribution in [0.2, 0.25) is 0 Å². The molecule has 0 fully saturated rings. The molecular weight excluding hydrogens is 781 g/mol. The molecule has 0 saturated heterocycles. The van der Waals surface area contributed by atoms with Crippen LogP contribution in [0.5, 0.6) is 0 Å². The Bertz CT molecular complexity index is 1240. The SMILES string of the molecule is CC/C=C\C/C=C\C/C=C\C/C=C\C/C=C\C/C=C\CCCCC(=O)OCC(COC(=O)CCCCCCCCCC)OC(=O)CCCCCCC/C=C\CCCCCCCCC. The first-order valence-corrected chi connectivity index (χ1v) is 26.1. The molecule has 0 aliphatic heterocycles. The van der Waals surface area contributed by atoms with Crippen molar-refractivity contribution in [2.45, 2.75) is 245 Å². The Labute approximate surface area is 388 Å². The van der Waals surface area contributed by atoms with Crippen LogP contribution in [-0.4, -0.2) is 37.2 Å². The highest BCUT2D eigenvalue weighted by Crippen LogP contribution is 2.13. The highest BCUT2D eigenvalue weighted by Gasteiger charge is 2.19. The molecule has 0 amide bonds. The van der Waals surface area contributed by atoms with Crippen molar-refractivity contribution in [2.75, 3.05) is 13.2 Å². The third-order valence-corrected chi connectivity index (χ3v) is 10.9. The summed E-state index contributed by atoms with van der Waals surface area (Å²) in [7, 11) is 0. The van der Waals surface area contributed by atoms with Crippen molar-refractivity contribution in [1.82, 2.24) is 0 Å². The van der Waals surface area contributed by atoms with Crippen molar-refractivity contribution in [3.05, 3.63) is 85.1 Å². The van der Waals surface area contributed by atoms with Gasteiger partial charge in [0.15, 0.2) is 6.10 Å². The number of hydrogen-bond acceptors (Lipinski definition) is 6. The van der Waals surface area contributed by atoms with Gasteiger partial charge in [0.25, 0.3) is 0 Å². The van der Waals surface area contributed by atoms with Crippen molar-refractivity contribution < 1.29 is 28.6 Å². The normalized spacial score (nSPS) is 12.7. The van der Waals surface area contributed by atoms with Crippen molar-refractivity contribution in [3.63, 3.8) is 0 Å². The second kappa shape index (κ2) is 51.2. The minimum absolute atomic E-state index is 0.0932. The first-order chi connectivity index (χ1) is 31.0. The fourth-order valence-electron chi connectivity index (χ4n) is 6.97. The second-order valence-electron chi connectivity index (χ2n) is 17.1. The molecule has 6 heteroatoms. The van der Waals surface area contributed by atoms with Crippen molar-refractivity contribution in [1.29, 1.82) is 0 Å². The van der Waals surface area contributed by atoms with Crippen LogP contribution >= 0.6 is 0 Å². The lowest BCUT2D eigenvalue weighted by Crippen LogP contribution is -2.30. The summed E-state index contributed by atoms with van der Waals surface area (Å²) in [5.41, 5.74) is 0. The van der Waals surface area contributed by atoms with Gasteiger partial charge in [0.1, 0.15) is 13.2 Å². The molecule has 0 aromatic rings. The van der Waals surface area contributed by atoms with Crippen LogP contribution in [0.3, 0.4) is 0 Å². The number of carbonyl (C=O) groups is 3. The van der Waals surface area contributed by atoms with Gasteiger partial charge in [0, 0.05) is 19.3 Å². The van der Waals surface area contributed by atoms with E-state index < -0.39 is 6.10 Å². The topological polar surface area (TPSA) is 78.9 Å². The van der Waals surface area contributed by atoms with E-state index in [0.29, 0.717) is 19.3 Å². The molecule has 6 nitrogen and oxygen atoms in total. The number of ether oxygens (including phenoxy) is 3. The van der Waals surface area contributed by atoms with E-state index in [9.17, 15) is 14.4 Å². The van der Waals surface area contributed by atoms with Crippen LogP contribution in [0.25, 0.3) is 0 Å². The minimum atomic E-state index is -0.796. The molecule has 0 radical (unpaired) electrons. The number of allylic oxidation sites excluding steroid dienone is 14. The van der Waals surface area contributed by atoms with E-state index in [0.717, 1.165) is 109 Å². The van der Waals surface area contributed by atoms with E-state index in [-0.39, 0.29) is 31.1 Å². The maximum Gasteiger partial charge on any atom is 0.306 e. The molecule has 0 N–H and O–H groups in total. The quantitative estimate of drug-likeness (QED) is 0.0262. The lowest BCUT2D eigenvalue weighted by Gasteiger charge is -2.18. The Morgan fingerprint density at radius 2 is 0.619 bits per heavy atom. The molecule has 0 aromatic heterocycles. The molecule has 0 rings (SSSR count). The van der Waals surface area contributed by atoms with Crippen LogP contribution in [0.1, 0.15) is 239 Å². The van der Waals surface area contributed by atoms with Gasteiger partial charge in [-0.25, -0.2) is 0 Å². The van der Waals surface area contributed by atoms with Gasteiger partial charge in [-0.3, -0.25) is 14.4 Å². The van der Waals surface area contributed by atoms with E-state index in [1.165, 1.54) is 89.9 Å². The average Bonchev–Trinajstić information content (AvgIpc) is 3.28. The molecule has 1 unspecified atom stereocenters. The van der Waals surface area contributed by atoms with Gasteiger partial charge >= 0.3 is 17.9 Å². The van der Waals surface area contributed by atoms with Gasteiger partial charge in [0.2, 0.25) is 0 Å². The molecule has 1 atom stereocenters. The fourth-order valence-corrected chi connectivity index (χ4v) is 6.97. The highest BCUT2D eigenvalue weighted by atomic mass is 16.6. The third-order valence-electron chi connectivity index (χ3n) is 10.9. The van der Waals surface area contributed by atoms with Crippen LogP contribution in [0, 0.1) is 0 Å². The maximum absolute atomic E-state index is 12.8. The van der Waals surface area contributed by atoms with E-state index in [1.807, 2.05) is 0 Å². The van der Waals surface area contributed by atoms with Crippen molar-refractivity contribution >= 4 is 17.9 Å². The maximum atomic E-state index is 12.8. The number of carbonyl (C=O) groups excluding carboxylic acids is 3. The smallest absolute Gasteiger partial charge is 0.306 e. The molecule has 63 heavy (non-hydrogen) atoms. The summed E-state index contributed by atoms with van der Waals surface area (Å²) >= 11 is 0. The lowest BCUT2D eigenvalue weighted by atomic mass is 10.1. The predicted molar refractivity (Wildman–Crippen MR) is 270 cm³/mol. The first kappa shape index (κ1) is 59.6. The van der Waals surface area contributed by atoms with Crippen LogP contribution in [0.4, 0.5) is 0 Å². The monoisotopic (exact) mass is 877 g/mol. The zero-order valence-corrected chi connectivity index (χ0v) is 41.1. The summed E-state index contributed by atoms with van der Waals surface area (Å²) in [5.74, 6) is -0.952. The summed E-state index contributed by atoms with van der Waals surface area (Å²) in [4.78, 5) is 37.9. The third kappa shape index (κ3) is 49.5. The van der Waals surface area contributed by atoms with Crippen molar-refractivity contribution in [3.8, 4) is 0 Å². The zero-order valence-electron chi connectivity index (χ0n) is 41.1. The average molecular weight is 877 g/mol. The molecule has 0 saturated carbocycles. The lowest BCUT2D eigenvalue weighted by molar-refractivity contribution is -0.167. The van der Waals surface area contributed by atoms with Crippen LogP contribution in [-0.2, 0) is 28.6 Å². The van der Waals surface area contributed by atoms with Gasteiger partial charge in [-0.05, 0) is 96.3 Å². The second-order valence-corrected chi connectivity index (χ2v) is 17.1. The summed E-state index contributed by atoms with van der Waals surface area (Å²) < 4.78 is 16.7. The standard InChI is InChI=1S/C57H96O6/c1-4-7-10-13-16-19-21-23-25-27-28-29-30-31-33-34-36-38-41-44-47-50-56(59)62-53-54(52-61-55(58)49-46-43-40-18-15-12-9-6-3)63-57(60)51-48-45-42-39-37-35-32-26-24-22-20-17-14-11-8-5-2/h7,10,16,19,23,25-26,28-29,31-33,36,38,54H,4-6,8-9,11-15,17-18,20-22,24,27,30,34-35,37,39-53H2,1-3H3/b10-7-,19-16-,25-23-,29-28-,32-26-,33-31-,38-36-. The Morgan fingerprint density at radius 1 is 0.333 bits per heavy atom. The molecule has 0 aromatic carbocycles. The summed E-state index contributed by atoms with van der Waals surface area (Å²) in [6.07, 6.45) is 65.8. The predicted octanol–water partition coefficient (Wildman–Crippen LogP) is 17.2. The Kier molecular flexibility index (Phi) is 48.5. The van der Waals surface area contributed by atoms with E-state index in [2.05, 4.69) is 106 Å². The van der Waals surface area contributed by atoms with Gasteiger partial charge in [-0.1, -0.05) is 209 Å². The van der Waals surface area contributed by atoms with Crippen molar-refractivity contribution in [2.24, 2.45) is 0 Å². The molecule has 0 aliphatic rings. The molecule has 0 heterocycles. The van der Waals surface area contributed by atoms with E-state index in [4.69, 9.17) is 14.2 Å². The molecular formula is C57H96O6. The van der Waals surface area contributed by atoms with E-state index >= 15 is 0 Å². The van der Waals surface area contributed by atoms with Crippen LogP contribution < -0.4 is 0 Å². The zero-order chi connectivity index (χ0) is 45.8. The Hall–Kier alpha value is -3.41. The van der Waals surface area contributed by atoms with Gasteiger partial charge in [-0.2, -0.15) is 0 Å². The molecule has 360 valence electrons. The molecule has 0 aliphatic carbocycles. The highest BCUT2D eigenvalue weighted by molar-refractivity contribution is 5.71. The fraction of sp³-hybridized carbons (Fsp3) is 0.702. The van der Waals surface area contributed by atoms with Gasteiger partial charge < -0.3 is 14.2 Å². The number of hydrogen-bond donors (Lipinski definition) is 0. The summed E-state index contributed by atoms with van der Waals surface area (Å²) in [5, 5.41) is 0. The van der Waals surface area contributed by atoms with E-state index in [1.54, 1.807) is 0 Å². The van der Waals surface area contributed by atoms with Gasteiger partial charge in [0.05, 0.1) is 0 Å². The summed E-state index contributed by atoms with van der Waals surface area (Å²) in [6, 6.07) is 0. The first-order valence-electron chi connectivity index (χ1n) is 26.1. The largest absolute Gasteiger partial charge is 0.462 e. The van der Waals surface area contributed by atoms with Gasteiger partial charge in [-0.15, -0.1) is 0 Å². The molecule has 0 bridgehead atoms. The molecule has 0 spiro atoms. The Balaban J connectivity index is 4.39. The number of unbranched alkanes of at least 4 members (excludes halogenated alkanes) is 21. The minimum Gasteiger partial charge on any atom is -0.462 e.